The molecule has 0 aromatic rings. The fourth-order valence-corrected chi connectivity index (χ4v) is 1.21. The van der Waals surface area contributed by atoms with Crippen LogP contribution >= 0.6 is 0 Å². The van der Waals surface area contributed by atoms with Gasteiger partial charge in [-0.05, 0) is 25.7 Å². The minimum atomic E-state index is -1.57. The van der Waals surface area contributed by atoms with Gasteiger partial charge in [0, 0.05) is 6.04 Å². The third kappa shape index (κ3) is 1.45. The Morgan fingerprint density at radius 3 is 2.40 bits per heavy atom. The molecule has 0 aromatic carbocycles. The molecule has 0 heterocycles. The summed E-state index contributed by atoms with van der Waals surface area (Å²) in [6.07, 6.45) is 1.91. The number of nitrogens with two attached hydrogens (primary N) is 1. The van der Waals surface area contributed by atoms with Gasteiger partial charge < -0.3 is 5.73 Å². The molecule has 0 aliphatic heterocycles. The van der Waals surface area contributed by atoms with E-state index in [0.717, 1.165) is 0 Å². The van der Waals surface area contributed by atoms with Gasteiger partial charge in [0.05, 0.1) is 0 Å². The SMILES string of the molecule is N#CC1(F)CCC(N)CC1. The van der Waals surface area contributed by atoms with E-state index in [4.69, 9.17) is 11.0 Å². The summed E-state index contributed by atoms with van der Waals surface area (Å²) >= 11 is 0. The van der Waals surface area contributed by atoms with Crippen LogP contribution in [-0.4, -0.2) is 11.7 Å². The first-order valence-corrected chi connectivity index (χ1v) is 3.52. The molecular formula is C7H11FN2. The maximum Gasteiger partial charge on any atom is 0.196 e. The molecule has 0 saturated heterocycles. The highest BCUT2D eigenvalue weighted by Gasteiger charge is 2.33. The van der Waals surface area contributed by atoms with Gasteiger partial charge in [0.1, 0.15) is 6.07 Å². The Hall–Kier alpha value is -0.620. The topological polar surface area (TPSA) is 49.8 Å². The summed E-state index contributed by atoms with van der Waals surface area (Å²) in [6, 6.07) is 1.79. The maximum absolute atomic E-state index is 13.1. The molecule has 0 atom stereocenters. The molecule has 1 aliphatic carbocycles. The zero-order valence-corrected chi connectivity index (χ0v) is 5.81. The Labute approximate surface area is 59.8 Å². The van der Waals surface area contributed by atoms with E-state index in [1.54, 1.807) is 6.07 Å². The summed E-state index contributed by atoms with van der Waals surface area (Å²) < 4.78 is 13.1. The molecule has 1 aliphatic rings. The van der Waals surface area contributed by atoms with Gasteiger partial charge in [-0.2, -0.15) is 5.26 Å². The number of alkyl halides is 1. The molecule has 0 radical (unpaired) electrons. The summed E-state index contributed by atoms with van der Waals surface area (Å²) in [5, 5.41) is 8.37. The van der Waals surface area contributed by atoms with Crippen LogP contribution in [0.2, 0.25) is 0 Å². The normalized spacial score (nSPS) is 40.7. The minimum absolute atomic E-state index is 0.109. The van der Waals surface area contributed by atoms with E-state index >= 15 is 0 Å². The Morgan fingerprint density at radius 2 is 2.00 bits per heavy atom. The van der Waals surface area contributed by atoms with Crippen LogP contribution in [0.5, 0.6) is 0 Å². The van der Waals surface area contributed by atoms with Crippen molar-refractivity contribution in [3.8, 4) is 6.07 Å². The lowest BCUT2D eigenvalue weighted by Gasteiger charge is -2.26. The Kier molecular flexibility index (Phi) is 1.91. The van der Waals surface area contributed by atoms with Crippen LogP contribution in [0.1, 0.15) is 25.7 Å². The fourth-order valence-electron chi connectivity index (χ4n) is 1.21. The summed E-state index contributed by atoms with van der Waals surface area (Å²) in [5.41, 5.74) is 3.96. The predicted octanol–water partition coefficient (Wildman–Crippen LogP) is 1.12. The Bertz CT molecular complexity index is 153. The molecular weight excluding hydrogens is 131 g/mol. The van der Waals surface area contributed by atoms with Crippen LogP contribution in [0.25, 0.3) is 0 Å². The van der Waals surface area contributed by atoms with Crippen molar-refractivity contribution in [1.82, 2.24) is 0 Å². The van der Waals surface area contributed by atoms with Crippen molar-refractivity contribution in [3.63, 3.8) is 0 Å². The van der Waals surface area contributed by atoms with Gasteiger partial charge >= 0.3 is 0 Å². The number of hydrogen-bond donors (Lipinski definition) is 1. The number of rotatable bonds is 0. The molecule has 0 bridgehead atoms. The lowest BCUT2D eigenvalue weighted by atomic mass is 9.85. The zero-order valence-electron chi connectivity index (χ0n) is 5.81. The van der Waals surface area contributed by atoms with Crippen LogP contribution < -0.4 is 5.73 Å². The second kappa shape index (κ2) is 2.55. The lowest BCUT2D eigenvalue weighted by Crippen LogP contribution is -2.34. The van der Waals surface area contributed by atoms with Crippen LogP contribution in [-0.2, 0) is 0 Å². The van der Waals surface area contributed by atoms with E-state index in [1.165, 1.54) is 0 Å². The van der Waals surface area contributed by atoms with Crippen LogP contribution in [0.4, 0.5) is 4.39 Å². The van der Waals surface area contributed by atoms with Crippen molar-refractivity contribution >= 4 is 0 Å². The summed E-state index contributed by atoms with van der Waals surface area (Å²) in [4.78, 5) is 0. The van der Waals surface area contributed by atoms with Crippen LogP contribution in [0.3, 0.4) is 0 Å². The molecule has 1 saturated carbocycles. The van der Waals surface area contributed by atoms with Gasteiger partial charge in [-0.1, -0.05) is 0 Å². The van der Waals surface area contributed by atoms with Crippen LogP contribution in [0.15, 0.2) is 0 Å². The van der Waals surface area contributed by atoms with E-state index in [1.807, 2.05) is 0 Å². The van der Waals surface area contributed by atoms with Crippen molar-refractivity contribution < 1.29 is 4.39 Å². The molecule has 1 rings (SSSR count). The van der Waals surface area contributed by atoms with Crippen molar-refractivity contribution in [3.05, 3.63) is 0 Å². The Morgan fingerprint density at radius 1 is 1.50 bits per heavy atom. The van der Waals surface area contributed by atoms with Gasteiger partial charge in [0.25, 0.3) is 0 Å². The second-order valence-electron chi connectivity index (χ2n) is 2.91. The molecule has 56 valence electrons. The van der Waals surface area contributed by atoms with Gasteiger partial charge in [-0.15, -0.1) is 0 Å². The quantitative estimate of drug-likeness (QED) is 0.551. The molecule has 0 unspecified atom stereocenters. The standard InChI is InChI=1S/C7H11FN2/c8-7(5-9)3-1-6(10)2-4-7/h6H,1-4,10H2. The van der Waals surface area contributed by atoms with Crippen LogP contribution in [0, 0.1) is 11.3 Å². The molecule has 0 spiro atoms. The summed E-state index contributed by atoms with van der Waals surface area (Å²) in [6.45, 7) is 0. The lowest BCUT2D eigenvalue weighted by molar-refractivity contribution is 0.161. The monoisotopic (exact) mass is 142 g/mol. The molecule has 1 fully saturated rings. The Balaban J connectivity index is 2.48. The second-order valence-corrected chi connectivity index (χ2v) is 2.91. The molecule has 3 heteroatoms. The summed E-state index contributed by atoms with van der Waals surface area (Å²) in [5.74, 6) is 0. The highest BCUT2D eigenvalue weighted by molar-refractivity contribution is 5.03. The maximum atomic E-state index is 13.1. The van der Waals surface area contributed by atoms with E-state index in [0.29, 0.717) is 25.7 Å². The molecule has 2 nitrogen and oxygen atoms in total. The van der Waals surface area contributed by atoms with E-state index < -0.39 is 5.67 Å². The largest absolute Gasteiger partial charge is 0.328 e. The number of nitriles is 1. The van der Waals surface area contributed by atoms with E-state index in [9.17, 15) is 4.39 Å². The van der Waals surface area contributed by atoms with Crippen molar-refractivity contribution in [2.45, 2.75) is 37.4 Å². The predicted molar refractivity (Wildman–Crippen MR) is 35.9 cm³/mol. The first-order valence-electron chi connectivity index (χ1n) is 3.52. The van der Waals surface area contributed by atoms with Gasteiger partial charge in [-0.25, -0.2) is 4.39 Å². The average molecular weight is 142 g/mol. The van der Waals surface area contributed by atoms with Gasteiger partial charge in [0.15, 0.2) is 5.67 Å². The van der Waals surface area contributed by atoms with Crippen molar-refractivity contribution in [2.24, 2.45) is 5.73 Å². The molecule has 2 N–H and O–H groups in total. The van der Waals surface area contributed by atoms with Crippen molar-refractivity contribution in [1.29, 1.82) is 5.26 Å². The average Bonchev–Trinajstić information content (AvgIpc) is 1.96. The number of halogens is 1. The van der Waals surface area contributed by atoms with E-state index in [-0.39, 0.29) is 6.04 Å². The van der Waals surface area contributed by atoms with Gasteiger partial charge in [-0.3, -0.25) is 0 Å². The zero-order chi connectivity index (χ0) is 7.61. The van der Waals surface area contributed by atoms with Crippen molar-refractivity contribution in [2.75, 3.05) is 0 Å². The molecule has 10 heavy (non-hydrogen) atoms. The smallest absolute Gasteiger partial charge is 0.196 e. The minimum Gasteiger partial charge on any atom is -0.328 e. The number of hydrogen-bond acceptors (Lipinski definition) is 2. The third-order valence-corrected chi connectivity index (χ3v) is 2.02. The highest BCUT2D eigenvalue weighted by Crippen LogP contribution is 2.30. The third-order valence-electron chi connectivity index (χ3n) is 2.02. The first-order chi connectivity index (χ1) is 4.66. The van der Waals surface area contributed by atoms with E-state index in [2.05, 4.69) is 0 Å². The molecule has 0 amide bonds. The number of nitrogens with zero attached hydrogens (tertiary/aromatic N) is 1. The fraction of sp³-hybridized carbons (Fsp3) is 0.857. The summed E-state index contributed by atoms with van der Waals surface area (Å²) in [7, 11) is 0. The highest BCUT2D eigenvalue weighted by atomic mass is 19.1. The molecule has 0 aromatic heterocycles. The first kappa shape index (κ1) is 7.49. The van der Waals surface area contributed by atoms with Gasteiger partial charge in [0.2, 0.25) is 0 Å².